The molecular weight excluding hydrogens is 398 g/mol. The van der Waals surface area contributed by atoms with Crippen LogP contribution in [0.4, 0.5) is 5.69 Å². The number of halogens is 1. The summed E-state index contributed by atoms with van der Waals surface area (Å²) >= 11 is 7.51. The van der Waals surface area contributed by atoms with Crippen molar-refractivity contribution in [2.75, 3.05) is 31.9 Å². The molecule has 0 bridgehead atoms. The predicted octanol–water partition coefficient (Wildman–Crippen LogP) is 4.38. The van der Waals surface area contributed by atoms with Crippen LogP contribution in [0.15, 0.2) is 41.6 Å². The maximum absolute atomic E-state index is 12.5. The van der Waals surface area contributed by atoms with Crippen molar-refractivity contribution >= 4 is 46.0 Å². The van der Waals surface area contributed by atoms with Crippen LogP contribution in [0.3, 0.4) is 0 Å². The highest BCUT2D eigenvalue weighted by Crippen LogP contribution is 2.31. The fraction of sp³-hybridized carbons (Fsp3) is 0.300. The third kappa shape index (κ3) is 4.60. The van der Waals surface area contributed by atoms with E-state index in [1.807, 2.05) is 31.2 Å². The average molecular weight is 420 g/mol. The van der Waals surface area contributed by atoms with Gasteiger partial charge in [-0.3, -0.25) is 4.79 Å². The van der Waals surface area contributed by atoms with Crippen molar-refractivity contribution in [3.8, 4) is 5.75 Å². The molecule has 0 atom stereocenters. The maximum atomic E-state index is 12.5. The van der Waals surface area contributed by atoms with E-state index in [1.165, 1.54) is 11.8 Å². The molecule has 8 heteroatoms. The highest BCUT2D eigenvalue weighted by atomic mass is 35.5. The Bertz CT molecular complexity index is 990. The Morgan fingerprint density at radius 3 is 2.82 bits per heavy atom. The predicted molar refractivity (Wildman–Crippen MR) is 114 cm³/mol. The van der Waals surface area contributed by atoms with Gasteiger partial charge in [0.05, 0.1) is 36.2 Å². The number of amides is 1. The molecule has 1 amide bonds. The first kappa shape index (κ1) is 20.5. The molecule has 0 aliphatic rings. The smallest absolute Gasteiger partial charge is 0.234 e. The molecule has 0 saturated carbocycles. The number of hydrogen-bond acceptors (Lipinski definition) is 5. The quantitative estimate of drug-likeness (QED) is 0.549. The Labute approximate surface area is 173 Å². The summed E-state index contributed by atoms with van der Waals surface area (Å²) in [5.41, 5.74) is 3.39. The lowest BCUT2D eigenvalue weighted by Gasteiger charge is -2.12. The van der Waals surface area contributed by atoms with Gasteiger partial charge in [0.2, 0.25) is 5.91 Å². The van der Waals surface area contributed by atoms with Crippen LogP contribution in [-0.4, -0.2) is 42.0 Å². The lowest BCUT2D eigenvalue weighted by molar-refractivity contribution is -0.113. The molecule has 3 aromatic rings. The van der Waals surface area contributed by atoms with Crippen LogP contribution in [0, 0.1) is 6.92 Å². The van der Waals surface area contributed by atoms with Gasteiger partial charge >= 0.3 is 0 Å². The number of aryl methyl sites for hydroxylation is 1. The fourth-order valence-corrected chi connectivity index (χ4v) is 3.80. The van der Waals surface area contributed by atoms with Gasteiger partial charge in [-0.15, -0.1) is 0 Å². The van der Waals surface area contributed by atoms with Crippen LogP contribution in [-0.2, 0) is 16.1 Å². The van der Waals surface area contributed by atoms with Crippen molar-refractivity contribution in [2.24, 2.45) is 0 Å². The normalized spacial score (nSPS) is 11.0. The van der Waals surface area contributed by atoms with Gasteiger partial charge in [-0.05, 0) is 30.7 Å². The minimum absolute atomic E-state index is 0.143. The first-order valence-corrected chi connectivity index (χ1v) is 10.1. The van der Waals surface area contributed by atoms with E-state index in [0.717, 1.165) is 21.8 Å². The molecule has 0 aliphatic heterocycles. The van der Waals surface area contributed by atoms with Crippen molar-refractivity contribution in [1.82, 2.24) is 9.55 Å². The number of benzene rings is 2. The number of aromatic nitrogens is 2. The number of methoxy groups -OCH3 is 2. The van der Waals surface area contributed by atoms with E-state index >= 15 is 0 Å². The minimum Gasteiger partial charge on any atom is -0.495 e. The SMILES string of the molecule is COCCn1c(SCC(=O)Nc2cc(C)c(Cl)cc2OC)nc2ccccc21. The lowest BCUT2D eigenvalue weighted by Crippen LogP contribution is -2.15. The third-order valence-corrected chi connectivity index (χ3v) is 5.61. The zero-order valence-corrected chi connectivity index (χ0v) is 17.6. The van der Waals surface area contributed by atoms with Gasteiger partial charge in [-0.25, -0.2) is 4.98 Å². The number of nitrogens with one attached hydrogen (secondary N) is 1. The molecular formula is C20H22ClN3O3S. The molecule has 0 saturated heterocycles. The fourth-order valence-electron chi connectivity index (χ4n) is 2.81. The Kier molecular flexibility index (Phi) is 6.83. The number of carbonyl (C=O) groups is 1. The number of anilines is 1. The van der Waals surface area contributed by atoms with Gasteiger partial charge in [0.1, 0.15) is 5.75 Å². The largest absolute Gasteiger partial charge is 0.495 e. The van der Waals surface area contributed by atoms with Gasteiger partial charge in [0, 0.05) is 24.7 Å². The summed E-state index contributed by atoms with van der Waals surface area (Å²) in [6.45, 7) is 3.12. The number of hydrogen-bond donors (Lipinski definition) is 1. The maximum Gasteiger partial charge on any atom is 0.234 e. The molecule has 28 heavy (non-hydrogen) atoms. The molecule has 0 spiro atoms. The second-order valence-corrected chi connectivity index (χ2v) is 7.52. The number of para-hydroxylation sites is 2. The van der Waals surface area contributed by atoms with E-state index < -0.39 is 0 Å². The van der Waals surface area contributed by atoms with Gasteiger partial charge in [0.15, 0.2) is 5.16 Å². The van der Waals surface area contributed by atoms with E-state index in [4.69, 9.17) is 21.1 Å². The Balaban J connectivity index is 1.74. The number of nitrogens with zero attached hydrogens (tertiary/aromatic N) is 2. The van der Waals surface area contributed by atoms with Crippen LogP contribution < -0.4 is 10.1 Å². The molecule has 0 fully saturated rings. The third-order valence-electron chi connectivity index (χ3n) is 4.23. The van der Waals surface area contributed by atoms with Gasteiger partial charge in [-0.2, -0.15) is 0 Å². The number of ether oxygens (including phenoxy) is 2. The minimum atomic E-state index is -0.143. The molecule has 1 heterocycles. The molecule has 1 aromatic heterocycles. The first-order chi connectivity index (χ1) is 13.5. The van der Waals surface area contributed by atoms with Crippen molar-refractivity contribution in [3.05, 3.63) is 47.0 Å². The Morgan fingerprint density at radius 1 is 1.29 bits per heavy atom. The zero-order valence-electron chi connectivity index (χ0n) is 16.0. The molecule has 0 radical (unpaired) electrons. The summed E-state index contributed by atoms with van der Waals surface area (Å²) < 4.78 is 12.6. The Hall–Kier alpha value is -2.22. The van der Waals surface area contributed by atoms with E-state index in [-0.39, 0.29) is 11.7 Å². The van der Waals surface area contributed by atoms with Gasteiger partial charge in [-0.1, -0.05) is 35.5 Å². The summed E-state index contributed by atoms with van der Waals surface area (Å²) in [4.78, 5) is 17.2. The summed E-state index contributed by atoms with van der Waals surface area (Å²) in [5.74, 6) is 0.609. The van der Waals surface area contributed by atoms with Gasteiger partial charge in [0.25, 0.3) is 0 Å². The first-order valence-electron chi connectivity index (χ1n) is 8.74. The van der Waals surface area contributed by atoms with E-state index in [9.17, 15) is 4.79 Å². The van der Waals surface area contributed by atoms with Crippen LogP contribution in [0.25, 0.3) is 11.0 Å². The number of thioether (sulfide) groups is 1. The van der Waals surface area contributed by atoms with Crippen LogP contribution in [0.2, 0.25) is 5.02 Å². The summed E-state index contributed by atoms with van der Waals surface area (Å²) in [5, 5.41) is 4.27. The molecule has 148 valence electrons. The molecule has 0 aliphatic carbocycles. The topological polar surface area (TPSA) is 65.4 Å². The van der Waals surface area contributed by atoms with Crippen molar-refractivity contribution in [1.29, 1.82) is 0 Å². The second-order valence-electron chi connectivity index (χ2n) is 6.17. The zero-order chi connectivity index (χ0) is 20.1. The number of rotatable bonds is 8. The molecule has 0 unspecified atom stereocenters. The molecule has 6 nitrogen and oxygen atoms in total. The molecule has 3 rings (SSSR count). The monoisotopic (exact) mass is 419 g/mol. The van der Waals surface area contributed by atoms with Crippen LogP contribution >= 0.6 is 23.4 Å². The summed E-state index contributed by atoms with van der Waals surface area (Å²) in [6, 6.07) is 11.4. The number of fused-ring (bicyclic) bond motifs is 1. The highest BCUT2D eigenvalue weighted by molar-refractivity contribution is 7.99. The second kappa shape index (κ2) is 9.32. The van der Waals surface area contributed by atoms with Crippen molar-refractivity contribution < 1.29 is 14.3 Å². The highest BCUT2D eigenvalue weighted by Gasteiger charge is 2.14. The number of carbonyl (C=O) groups excluding carboxylic acids is 1. The lowest BCUT2D eigenvalue weighted by atomic mass is 10.2. The van der Waals surface area contributed by atoms with E-state index in [0.29, 0.717) is 29.6 Å². The standard InChI is InChI=1S/C20H22ClN3O3S/c1-13-10-16(18(27-3)11-14(13)21)22-19(25)12-28-20-23-15-6-4-5-7-17(15)24(20)8-9-26-2/h4-7,10-11H,8-9,12H2,1-3H3,(H,22,25). The van der Waals surface area contributed by atoms with Crippen LogP contribution in [0.5, 0.6) is 5.75 Å². The van der Waals surface area contributed by atoms with Crippen LogP contribution in [0.1, 0.15) is 5.56 Å². The van der Waals surface area contributed by atoms with E-state index in [1.54, 1.807) is 26.4 Å². The Morgan fingerprint density at radius 2 is 2.07 bits per heavy atom. The van der Waals surface area contributed by atoms with Crippen molar-refractivity contribution in [3.63, 3.8) is 0 Å². The molecule has 1 N–H and O–H groups in total. The molecule has 2 aromatic carbocycles. The van der Waals surface area contributed by atoms with E-state index in [2.05, 4.69) is 14.9 Å². The average Bonchev–Trinajstić information content (AvgIpc) is 3.04. The van der Waals surface area contributed by atoms with Gasteiger partial charge < -0.3 is 19.4 Å². The number of imidazole rings is 1. The van der Waals surface area contributed by atoms with Crippen molar-refractivity contribution in [2.45, 2.75) is 18.6 Å². The summed E-state index contributed by atoms with van der Waals surface area (Å²) in [7, 11) is 3.21. The summed E-state index contributed by atoms with van der Waals surface area (Å²) in [6.07, 6.45) is 0.